The molecule has 0 bridgehead atoms. The summed E-state index contributed by atoms with van der Waals surface area (Å²) in [4.78, 5) is 18.0. The normalized spacial score (nSPS) is 14.9. The van der Waals surface area contributed by atoms with Gasteiger partial charge in [0.25, 0.3) is 0 Å². The van der Waals surface area contributed by atoms with Crippen molar-refractivity contribution in [3.63, 3.8) is 0 Å². The molecule has 0 N–H and O–H groups in total. The van der Waals surface area contributed by atoms with Crippen molar-refractivity contribution in [2.24, 2.45) is 0 Å². The van der Waals surface area contributed by atoms with Gasteiger partial charge in [0.2, 0.25) is 5.91 Å². The second-order valence-electron chi connectivity index (χ2n) is 4.56. The van der Waals surface area contributed by atoms with E-state index in [-0.39, 0.29) is 11.8 Å². The van der Waals surface area contributed by atoms with Gasteiger partial charge in [0.05, 0.1) is 18.4 Å². The molecule has 2 heterocycles. The second-order valence-corrected chi connectivity index (χ2v) is 4.83. The zero-order valence-corrected chi connectivity index (χ0v) is 10.7. The summed E-state index contributed by atoms with van der Waals surface area (Å²) in [5.41, 5.74) is 1.93. The Hall–Kier alpha value is -1.55. The van der Waals surface area contributed by atoms with Crippen LogP contribution in [-0.4, -0.2) is 32.1 Å². The van der Waals surface area contributed by atoms with Gasteiger partial charge in [0, 0.05) is 12.2 Å². The van der Waals surface area contributed by atoms with Crippen molar-refractivity contribution in [1.82, 2.24) is 14.3 Å². The van der Waals surface area contributed by atoms with Crippen LogP contribution in [0.4, 0.5) is 0 Å². The first-order valence-electron chi connectivity index (χ1n) is 6.06. The van der Waals surface area contributed by atoms with E-state index in [2.05, 4.69) is 4.98 Å². The van der Waals surface area contributed by atoms with Gasteiger partial charge in [0.1, 0.15) is 11.5 Å². The van der Waals surface area contributed by atoms with Crippen molar-refractivity contribution in [1.29, 1.82) is 0 Å². The molecule has 1 fully saturated rings. The Labute approximate surface area is 110 Å². The molecule has 0 saturated heterocycles. The number of fused-ring (bicyclic) bond motifs is 1. The standard InChI is InChI=1S/C13H14ClN3O/c14-7-13(18)17(10-4-5-10)9-11-8-15-12-3-1-2-6-16(11)12/h1-3,6,8,10H,4-5,7,9H2. The lowest BCUT2D eigenvalue weighted by molar-refractivity contribution is -0.129. The summed E-state index contributed by atoms with van der Waals surface area (Å²) in [6.07, 6.45) is 5.96. The Bertz CT molecular complexity index is 576. The van der Waals surface area contributed by atoms with Crippen LogP contribution in [0.15, 0.2) is 30.6 Å². The molecule has 1 aliphatic carbocycles. The van der Waals surface area contributed by atoms with Crippen LogP contribution in [-0.2, 0) is 11.3 Å². The van der Waals surface area contributed by atoms with Crippen LogP contribution in [0.3, 0.4) is 0 Å². The largest absolute Gasteiger partial charge is 0.333 e. The van der Waals surface area contributed by atoms with E-state index in [4.69, 9.17) is 11.6 Å². The van der Waals surface area contributed by atoms with Gasteiger partial charge in [-0.25, -0.2) is 4.98 Å². The highest BCUT2D eigenvalue weighted by Gasteiger charge is 2.32. The van der Waals surface area contributed by atoms with Crippen LogP contribution in [0.2, 0.25) is 0 Å². The summed E-state index contributed by atoms with van der Waals surface area (Å²) in [5.74, 6) is 0.0535. The first-order valence-corrected chi connectivity index (χ1v) is 6.59. The Morgan fingerprint density at radius 3 is 3.06 bits per heavy atom. The summed E-state index contributed by atoms with van der Waals surface area (Å²) in [7, 11) is 0. The molecule has 3 rings (SSSR count). The number of nitrogens with zero attached hydrogens (tertiary/aromatic N) is 3. The fraction of sp³-hybridized carbons (Fsp3) is 0.385. The van der Waals surface area contributed by atoms with Crippen molar-refractivity contribution in [2.45, 2.75) is 25.4 Å². The SMILES string of the molecule is O=C(CCl)N(Cc1cnc2ccccn12)C1CC1. The molecule has 94 valence electrons. The second kappa shape index (κ2) is 4.61. The lowest BCUT2D eigenvalue weighted by Gasteiger charge is -2.21. The molecule has 0 radical (unpaired) electrons. The fourth-order valence-electron chi connectivity index (χ4n) is 2.16. The highest BCUT2D eigenvalue weighted by Crippen LogP contribution is 2.28. The summed E-state index contributed by atoms with van der Waals surface area (Å²) in [5, 5.41) is 0. The van der Waals surface area contributed by atoms with Gasteiger partial charge in [-0.2, -0.15) is 0 Å². The highest BCUT2D eigenvalue weighted by molar-refractivity contribution is 6.27. The topological polar surface area (TPSA) is 37.6 Å². The summed E-state index contributed by atoms with van der Waals surface area (Å²) in [6, 6.07) is 6.23. The van der Waals surface area contributed by atoms with Gasteiger partial charge >= 0.3 is 0 Å². The van der Waals surface area contributed by atoms with Crippen molar-refractivity contribution in [2.75, 3.05) is 5.88 Å². The van der Waals surface area contributed by atoms with E-state index in [1.54, 1.807) is 0 Å². The molecule has 2 aromatic rings. The van der Waals surface area contributed by atoms with Crippen molar-refractivity contribution in [3.8, 4) is 0 Å². The third-order valence-electron chi connectivity index (χ3n) is 3.25. The van der Waals surface area contributed by atoms with E-state index in [0.29, 0.717) is 12.6 Å². The van der Waals surface area contributed by atoms with Crippen LogP contribution < -0.4 is 0 Å². The lowest BCUT2D eigenvalue weighted by atomic mass is 10.3. The molecule has 18 heavy (non-hydrogen) atoms. The fourth-order valence-corrected chi connectivity index (χ4v) is 2.31. The molecule has 0 unspecified atom stereocenters. The third-order valence-corrected chi connectivity index (χ3v) is 3.48. The monoisotopic (exact) mass is 263 g/mol. The molecule has 1 aliphatic rings. The number of alkyl halides is 1. The maximum Gasteiger partial charge on any atom is 0.238 e. The number of pyridine rings is 1. The summed E-state index contributed by atoms with van der Waals surface area (Å²) < 4.78 is 2.01. The molecule has 0 aliphatic heterocycles. The summed E-state index contributed by atoms with van der Waals surface area (Å²) in [6.45, 7) is 0.585. The average Bonchev–Trinajstić information content (AvgIpc) is 3.17. The molecule has 5 heteroatoms. The maximum absolute atomic E-state index is 11.8. The average molecular weight is 264 g/mol. The number of amides is 1. The van der Waals surface area contributed by atoms with Crippen LogP contribution in [0.25, 0.3) is 5.65 Å². The van der Waals surface area contributed by atoms with Crippen molar-refractivity contribution in [3.05, 3.63) is 36.3 Å². The molecular formula is C13H14ClN3O. The molecule has 1 amide bonds. The third kappa shape index (κ3) is 2.08. The number of hydrogen-bond acceptors (Lipinski definition) is 2. The molecule has 4 nitrogen and oxygen atoms in total. The Morgan fingerprint density at radius 1 is 1.50 bits per heavy atom. The molecule has 1 saturated carbocycles. The van der Waals surface area contributed by atoms with Crippen LogP contribution in [0, 0.1) is 0 Å². The molecular weight excluding hydrogens is 250 g/mol. The van der Waals surface area contributed by atoms with Gasteiger partial charge in [-0.3, -0.25) is 4.79 Å². The van der Waals surface area contributed by atoms with Crippen molar-refractivity contribution < 1.29 is 4.79 Å². The molecule has 0 aromatic carbocycles. The minimum absolute atomic E-state index is 0.00467. The Morgan fingerprint density at radius 2 is 2.33 bits per heavy atom. The van der Waals surface area contributed by atoms with Crippen LogP contribution >= 0.6 is 11.6 Å². The number of halogens is 1. The Kier molecular flexibility index (Phi) is 2.96. The van der Waals surface area contributed by atoms with Crippen molar-refractivity contribution >= 4 is 23.2 Å². The van der Waals surface area contributed by atoms with Gasteiger partial charge in [0.15, 0.2) is 0 Å². The zero-order chi connectivity index (χ0) is 12.5. The van der Waals surface area contributed by atoms with E-state index in [1.807, 2.05) is 39.9 Å². The highest BCUT2D eigenvalue weighted by atomic mass is 35.5. The van der Waals surface area contributed by atoms with Crippen LogP contribution in [0.5, 0.6) is 0 Å². The molecule has 0 atom stereocenters. The number of rotatable bonds is 4. The molecule has 0 spiro atoms. The van der Waals surface area contributed by atoms with E-state index in [0.717, 1.165) is 24.2 Å². The minimum atomic E-state index is 0.00467. The van der Waals surface area contributed by atoms with E-state index in [9.17, 15) is 4.79 Å². The van der Waals surface area contributed by atoms with Gasteiger partial charge in [-0.1, -0.05) is 6.07 Å². The van der Waals surface area contributed by atoms with Gasteiger partial charge in [-0.15, -0.1) is 11.6 Å². The Balaban J connectivity index is 1.88. The number of imidazole rings is 1. The van der Waals surface area contributed by atoms with Gasteiger partial charge < -0.3 is 9.30 Å². The number of aromatic nitrogens is 2. The first kappa shape index (κ1) is 11.5. The number of hydrogen-bond donors (Lipinski definition) is 0. The summed E-state index contributed by atoms with van der Waals surface area (Å²) >= 11 is 5.66. The minimum Gasteiger partial charge on any atom is -0.333 e. The van der Waals surface area contributed by atoms with E-state index in [1.165, 1.54) is 0 Å². The smallest absolute Gasteiger partial charge is 0.238 e. The van der Waals surface area contributed by atoms with E-state index < -0.39 is 0 Å². The number of carbonyl (C=O) groups is 1. The predicted molar refractivity (Wildman–Crippen MR) is 69.5 cm³/mol. The molecule has 2 aromatic heterocycles. The quantitative estimate of drug-likeness (QED) is 0.792. The maximum atomic E-state index is 11.8. The van der Waals surface area contributed by atoms with Crippen LogP contribution in [0.1, 0.15) is 18.5 Å². The predicted octanol–water partition coefficient (Wildman–Crippen LogP) is 2.06. The lowest BCUT2D eigenvalue weighted by Crippen LogP contribution is -2.33. The number of carbonyl (C=O) groups excluding carboxylic acids is 1. The zero-order valence-electron chi connectivity index (χ0n) is 9.92. The van der Waals surface area contributed by atoms with E-state index >= 15 is 0 Å². The van der Waals surface area contributed by atoms with Gasteiger partial charge in [-0.05, 0) is 25.0 Å². The first-order chi connectivity index (χ1) is 8.79.